The van der Waals surface area contributed by atoms with Crippen molar-refractivity contribution in [2.24, 2.45) is 0 Å². The third-order valence-electron chi connectivity index (χ3n) is 1.60. The molecule has 0 saturated carbocycles. The Kier molecular flexibility index (Phi) is 3.79. The van der Waals surface area contributed by atoms with E-state index in [1.807, 2.05) is 0 Å². The first-order valence-corrected chi connectivity index (χ1v) is 4.18. The molecule has 0 aliphatic heterocycles. The first kappa shape index (κ1) is 11.2. The lowest BCUT2D eigenvalue weighted by molar-refractivity contribution is -0.131. The number of carboxylic acids is 1. The van der Waals surface area contributed by atoms with Crippen molar-refractivity contribution in [3.05, 3.63) is 42.0 Å². The SMILES string of the molecule is O=C(O)/C=C/CNc1ccc(F)cc1F. The van der Waals surface area contributed by atoms with E-state index in [1.165, 1.54) is 12.1 Å². The first-order valence-electron chi connectivity index (χ1n) is 4.18. The van der Waals surface area contributed by atoms with E-state index in [0.29, 0.717) is 0 Å². The van der Waals surface area contributed by atoms with Gasteiger partial charge in [-0.05, 0) is 12.1 Å². The number of anilines is 1. The van der Waals surface area contributed by atoms with Gasteiger partial charge in [0.1, 0.15) is 11.6 Å². The molecule has 1 rings (SSSR count). The van der Waals surface area contributed by atoms with Crippen molar-refractivity contribution in [2.75, 3.05) is 11.9 Å². The monoisotopic (exact) mass is 213 g/mol. The smallest absolute Gasteiger partial charge is 0.328 e. The van der Waals surface area contributed by atoms with Crippen LogP contribution in [0.4, 0.5) is 14.5 Å². The highest BCUT2D eigenvalue weighted by Crippen LogP contribution is 2.14. The average Bonchev–Trinajstić information content (AvgIpc) is 2.14. The molecule has 1 aromatic carbocycles. The number of benzene rings is 1. The Balaban J connectivity index is 2.54. The Bertz CT molecular complexity index is 391. The van der Waals surface area contributed by atoms with Crippen molar-refractivity contribution < 1.29 is 18.7 Å². The second-order valence-electron chi connectivity index (χ2n) is 2.75. The Morgan fingerprint density at radius 1 is 1.47 bits per heavy atom. The molecule has 0 radical (unpaired) electrons. The van der Waals surface area contributed by atoms with Crippen molar-refractivity contribution in [1.82, 2.24) is 0 Å². The predicted octanol–water partition coefficient (Wildman–Crippen LogP) is 2.02. The second kappa shape index (κ2) is 5.09. The molecular formula is C10H9F2NO2. The van der Waals surface area contributed by atoms with Gasteiger partial charge in [0.15, 0.2) is 0 Å². The highest BCUT2D eigenvalue weighted by atomic mass is 19.1. The van der Waals surface area contributed by atoms with Gasteiger partial charge in [-0.1, -0.05) is 6.08 Å². The molecule has 0 aromatic heterocycles. The fraction of sp³-hybridized carbons (Fsp3) is 0.100. The molecule has 2 N–H and O–H groups in total. The molecule has 0 fully saturated rings. The number of carbonyl (C=O) groups is 1. The maximum atomic E-state index is 13.0. The van der Waals surface area contributed by atoms with Gasteiger partial charge in [0.25, 0.3) is 0 Å². The normalized spacial score (nSPS) is 10.5. The fourth-order valence-electron chi connectivity index (χ4n) is 0.961. The Morgan fingerprint density at radius 3 is 2.80 bits per heavy atom. The summed E-state index contributed by atoms with van der Waals surface area (Å²) in [4.78, 5) is 10.1. The summed E-state index contributed by atoms with van der Waals surface area (Å²) in [6, 6.07) is 3.12. The number of nitrogens with one attached hydrogen (secondary N) is 1. The van der Waals surface area contributed by atoms with Crippen LogP contribution in [0.5, 0.6) is 0 Å². The molecule has 80 valence electrons. The minimum atomic E-state index is -1.07. The van der Waals surface area contributed by atoms with Crippen molar-refractivity contribution in [3.63, 3.8) is 0 Å². The van der Waals surface area contributed by atoms with E-state index >= 15 is 0 Å². The van der Waals surface area contributed by atoms with E-state index < -0.39 is 17.6 Å². The highest BCUT2D eigenvalue weighted by Gasteiger charge is 2.01. The van der Waals surface area contributed by atoms with Crippen LogP contribution < -0.4 is 5.32 Å². The molecular weight excluding hydrogens is 204 g/mol. The molecule has 0 unspecified atom stereocenters. The van der Waals surface area contributed by atoms with Crippen LogP contribution in [0.1, 0.15) is 0 Å². The van der Waals surface area contributed by atoms with Gasteiger partial charge < -0.3 is 10.4 Å². The number of carboxylic acid groups (broad SMARTS) is 1. The van der Waals surface area contributed by atoms with E-state index in [2.05, 4.69) is 5.32 Å². The molecule has 0 spiro atoms. The van der Waals surface area contributed by atoms with Crippen molar-refractivity contribution in [2.45, 2.75) is 0 Å². The molecule has 0 atom stereocenters. The lowest BCUT2D eigenvalue weighted by Gasteiger charge is -2.03. The largest absolute Gasteiger partial charge is 0.478 e. The lowest BCUT2D eigenvalue weighted by atomic mass is 10.3. The Hall–Kier alpha value is -1.91. The van der Waals surface area contributed by atoms with Crippen LogP contribution in [-0.2, 0) is 4.79 Å². The van der Waals surface area contributed by atoms with Gasteiger partial charge in [-0.3, -0.25) is 0 Å². The number of aliphatic carboxylic acids is 1. The van der Waals surface area contributed by atoms with Gasteiger partial charge in [0, 0.05) is 18.7 Å². The van der Waals surface area contributed by atoms with Crippen LogP contribution in [0.15, 0.2) is 30.4 Å². The van der Waals surface area contributed by atoms with Gasteiger partial charge in [0.05, 0.1) is 5.69 Å². The zero-order chi connectivity index (χ0) is 11.3. The summed E-state index contributed by atoms with van der Waals surface area (Å²) in [5.41, 5.74) is 0.131. The number of rotatable bonds is 4. The van der Waals surface area contributed by atoms with E-state index in [0.717, 1.165) is 18.2 Å². The molecule has 0 saturated heterocycles. The van der Waals surface area contributed by atoms with E-state index in [-0.39, 0.29) is 12.2 Å². The molecule has 0 amide bonds. The van der Waals surface area contributed by atoms with Gasteiger partial charge in [0.2, 0.25) is 0 Å². The Labute approximate surface area is 85.0 Å². The average molecular weight is 213 g/mol. The van der Waals surface area contributed by atoms with Crippen LogP contribution in [-0.4, -0.2) is 17.6 Å². The zero-order valence-corrected chi connectivity index (χ0v) is 7.71. The van der Waals surface area contributed by atoms with Crippen molar-refractivity contribution >= 4 is 11.7 Å². The topological polar surface area (TPSA) is 49.3 Å². The van der Waals surface area contributed by atoms with Crippen molar-refractivity contribution in [1.29, 1.82) is 0 Å². The summed E-state index contributed by atoms with van der Waals surface area (Å²) in [5, 5.41) is 10.9. The lowest BCUT2D eigenvalue weighted by Crippen LogP contribution is -2.01. The van der Waals surface area contributed by atoms with Crippen LogP contribution in [0, 0.1) is 11.6 Å². The zero-order valence-electron chi connectivity index (χ0n) is 7.71. The summed E-state index contributed by atoms with van der Waals surface area (Å²) in [6.45, 7) is 0.162. The maximum Gasteiger partial charge on any atom is 0.328 e. The predicted molar refractivity (Wildman–Crippen MR) is 51.6 cm³/mol. The second-order valence-corrected chi connectivity index (χ2v) is 2.75. The number of hydrogen-bond acceptors (Lipinski definition) is 2. The van der Waals surface area contributed by atoms with Gasteiger partial charge in [-0.25, -0.2) is 13.6 Å². The minimum absolute atomic E-state index is 0.131. The molecule has 0 aliphatic carbocycles. The summed E-state index contributed by atoms with van der Waals surface area (Å²) in [6.07, 6.45) is 2.26. The maximum absolute atomic E-state index is 13.0. The summed E-state index contributed by atoms with van der Waals surface area (Å²) in [5.74, 6) is -2.44. The summed E-state index contributed by atoms with van der Waals surface area (Å²) < 4.78 is 25.5. The van der Waals surface area contributed by atoms with E-state index in [1.54, 1.807) is 0 Å². The van der Waals surface area contributed by atoms with Gasteiger partial charge in [-0.2, -0.15) is 0 Å². The first-order chi connectivity index (χ1) is 7.09. The number of halogens is 2. The molecule has 0 bridgehead atoms. The molecule has 3 nitrogen and oxygen atoms in total. The summed E-state index contributed by atoms with van der Waals surface area (Å²) >= 11 is 0. The summed E-state index contributed by atoms with van der Waals surface area (Å²) in [7, 11) is 0. The molecule has 1 aromatic rings. The van der Waals surface area contributed by atoms with E-state index in [4.69, 9.17) is 5.11 Å². The van der Waals surface area contributed by atoms with E-state index in [9.17, 15) is 13.6 Å². The van der Waals surface area contributed by atoms with Crippen LogP contribution in [0.2, 0.25) is 0 Å². The third-order valence-corrected chi connectivity index (χ3v) is 1.60. The van der Waals surface area contributed by atoms with Crippen LogP contribution in [0.25, 0.3) is 0 Å². The minimum Gasteiger partial charge on any atom is -0.478 e. The fourth-order valence-corrected chi connectivity index (χ4v) is 0.961. The van der Waals surface area contributed by atoms with Crippen LogP contribution >= 0.6 is 0 Å². The molecule has 0 heterocycles. The quantitative estimate of drug-likeness (QED) is 0.752. The van der Waals surface area contributed by atoms with Gasteiger partial charge in [-0.15, -0.1) is 0 Å². The van der Waals surface area contributed by atoms with Crippen LogP contribution in [0.3, 0.4) is 0 Å². The van der Waals surface area contributed by atoms with Crippen molar-refractivity contribution in [3.8, 4) is 0 Å². The van der Waals surface area contributed by atoms with Gasteiger partial charge >= 0.3 is 5.97 Å². The molecule has 0 aliphatic rings. The molecule has 5 heteroatoms. The third kappa shape index (κ3) is 3.76. The standard InChI is InChI=1S/C10H9F2NO2/c11-7-3-4-9(8(12)6-7)13-5-1-2-10(14)15/h1-4,6,13H,5H2,(H,14,15)/b2-1+. The highest BCUT2D eigenvalue weighted by molar-refractivity contribution is 5.79. The Morgan fingerprint density at radius 2 is 2.20 bits per heavy atom. The number of hydrogen-bond donors (Lipinski definition) is 2. The molecule has 15 heavy (non-hydrogen) atoms.